The number of carbonyl (C=O) groups is 2. The normalized spacial score (nSPS) is 21.5. The van der Waals surface area contributed by atoms with E-state index in [1.807, 2.05) is 31.2 Å². The van der Waals surface area contributed by atoms with E-state index in [2.05, 4.69) is 15.5 Å². The molecule has 25 heavy (non-hydrogen) atoms. The molecule has 2 aliphatic rings. The predicted molar refractivity (Wildman–Crippen MR) is 91.9 cm³/mol. The van der Waals surface area contributed by atoms with E-state index in [0.29, 0.717) is 31.0 Å². The number of hydrogen-bond donors (Lipinski definition) is 2. The van der Waals surface area contributed by atoms with E-state index in [9.17, 15) is 9.59 Å². The van der Waals surface area contributed by atoms with Crippen LogP contribution in [0.5, 0.6) is 0 Å². The van der Waals surface area contributed by atoms with Crippen LogP contribution in [0.3, 0.4) is 0 Å². The van der Waals surface area contributed by atoms with E-state index in [1.165, 1.54) is 7.11 Å². The Kier molecular flexibility index (Phi) is 5.35. The number of urea groups is 1. The lowest BCUT2D eigenvalue weighted by Gasteiger charge is -2.33. The first kappa shape index (κ1) is 17.4. The number of hydrogen-bond acceptors (Lipinski definition) is 5. The van der Waals surface area contributed by atoms with Gasteiger partial charge in [0.25, 0.3) is 0 Å². The number of rotatable bonds is 4. The number of nitrogens with zero attached hydrogens (tertiary/aromatic N) is 1. The van der Waals surface area contributed by atoms with E-state index < -0.39 is 12.0 Å². The van der Waals surface area contributed by atoms with Gasteiger partial charge in [0.05, 0.1) is 31.9 Å². The van der Waals surface area contributed by atoms with Gasteiger partial charge in [0.1, 0.15) is 0 Å². The minimum Gasteiger partial charge on any atom is -0.466 e. The van der Waals surface area contributed by atoms with Crippen molar-refractivity contribution in [3.63, 3.8) is 0 Å². The Morgan fingerprint density at radius 1 is 1.32 bits per heavy atom. The van der Waals surface area contributed by atoms with Gasteiger partial charge >= 0.3 is 12.0 Å². The maximum Gasteiger partial charge on any atom is 0.338 e. The number of morpholine rings is 1. The van der Waals surface area contributed by atoms with Gasteiger partial charge in [0, 0.05) is 25.3 Å². The molecule has 0 radical (unpaired) electrons. The minimum atomic E-state index is -0.529. The van der Waals surface area contributed by atoms with E-state index in [-0.39, 0.29) is 6.03 Å². The molecule has 7 nitrogen and oxygen atoms in total. The Morgan fingerprint density at radius 3 is 2.72 bits per heavy atom. The number of methoxy groups -OCH3 is 1. The Morgan fingerprint density at radius 2 is 2.04 bits per heavy atom. The van der Waals surface area contributed by atoms with Crippen LogP contribution < -0.4 is 10.6 Å². The van der Waals surface area contributed by atoms with E-state index >= 15 is 0 Å². The summed E-state index contributed by atoms with van der Waals surface area (Å²) in [5, 5.41) is 5.65. The number of aryl methyl sites for hydroxylation is 1. The van der Waals surface area contributed by atoms with Crippen LogP contribution in [0, 0.1) is 6.92 Å². The topological polar surface area (TPSA) is 79.9 Å². The molecule has 1 aromatic rings. The molecule has 0 saturated carbocycles. The Balaban J connectivity index is 2.00. The molecule has 1 saturated heterocycles. The molecule has 134 valence electrons. The molecular weight excluding hydrogens is 322 g/mol. The van der Waals surface area contributed by atoms with Crippen molar-refractivity contribution in [2.45, 2.75) is 13.0 Å². The fraction of sp³-hybridized carbons (Fsp3) is 0.444. The fourth-order valence-electron chi connectivity index (χ4n) is 3.22. The summed E-state index contributed by atoms with van der Waals surface area (Å²) in [4.78, 5) is 26.9. The highest BCUT2D eigenvalue weighted by molar-refractivity contribution is 5.95. The van der Waals surface area contributed by atoms with Gasteiger partial charge in [0.2, 0.25) is 0 Å². The first-order valence-electron chi connectivity index (χ1n) is 8.34. The van der Waals surface area contributed by atoms with Crippen molar-refractivity contribution in [1.29, 1.82) is 0 Å². The Labute approximate surface area is 147 Å². The Hall–Kier alpha value is -2.38. The van der Waals surface area contributed by atoms with Crippen LogP contribution in [-0.4, -0.2) is 56.9 Å². The molecule has 1 unspecified atom stereocenters. The van der Waals surface area contributed by atoms with Crippen LogP contribution in [0.25, 0.3) is 0 Å². The summed E-state index contributed by atoms with van der Waals surface area (Å²) in [5.74, 6) is -0.441. The zero-order valence-electron chi connectivity index (χ0n) is 14.5. The van der Waals surface area contributed by atoms with E-state index in [1.54, 1.807) is 0 Å². The van der Waals surface area contributed by atoms with Crippen LogP contribution in [0.15, 0.2) is 35.5 Å². The fourth-order valence-corrected chi connectivity index (χ4v) is 3.22. The maximum atomic E-state index is 12.5. The SMILES string of the molecule is COC(=O)C1=C(CN2CCOCC2)NC(=O)NC1c1ccccc1C. The quantitative estimate of drug-likeness (QED) is 0.799. The van der Waals surface area contributed by atoms with Crippen LogP contribution in [0.4, 0.5) is 4.79 Å². The molecule has 0 bridgehead atoms. The van der Waals surface area contributed by atoms with Crippen molar-refractivity contribution < 1.29 is 19.1 Å². The lowest BCUT2D eigenvalue weighted by molar-refractivity contribution is -0.136. The van der Waals surface area contributed by atoms with Gasteiger partial charge in [-0.15, -0.1) is 0 Å². The number of ether oxygens (including phenoxy) is 2. The summed E-state index contributed by atoms with van der Waals surface area (Å²) >= 11 is 0. The number of esters is 1. The van der Waals surface area contributed by atoms with Crippen molar-refractivity contribution in [1.82, 2.24) is 15.5 Å². The lowest BCUT2D eigenvalue weighted by atomic mass is 9.92. The molecule has 0 aromatic heterocycles. The van der Waals surface area contributed by atoms with Gasteiger partial charge in [-0.2, -0.15) is 0 Å². The van der Waals surface area contributed by atoms with Crippen LogP contribution in [-0.2, 0) is 14.3 Å². The summed E-state index contributed by atoms with van der Waals surface area (Å²) in [7, 11) is 1.35. The molecule has 0 aliphatic carbocycles. The van der Waals surface area contributed by atoms with Crippen molar-refractivity contribution in [3.05, 3.63) is 46.7 Å². The van der Waals surface area contributed by atoms with Gasteiger partial charge in [-0.25, -0.2) is 9.59 Å². The summed E-state index contributed by atoms with van der Waals surface area (Å²) in [6.45, 7) is 5.25. The molecule has 2 aliphatic heterocycles. The molecule has 1 aromatic carbocycles. The second-order valence-electron chi connectivity index (χ2n) is 6.16. The van der Waals surface area contributed by atoms with Gasteiger partial charge in [-0.3, -0.25) is 4.90 Å². The summed E-state index contributed by atoms with van der Waals surface area (Å²) in [5.41, 5.74) is 2.92. The molecule has 7 heteroatoms. The summed E-state index contributed by atoms with van der Waals surface area (Å²) in [6.07, 6.45) is 0. The van der Waals surface area contributed by atoms with Crippen LogP contribution in [0.1, 0.15) is 17.2 Å². The highest BCUT2D eigenvalue weighted by atomic mass is 16.5. The zero-order chi connectivity index (χ0) is 17.8. The number of amides is 2. The zero-order valence-corrected chi connectivity index (χ0v) is 14.5. The monoisotopic (exact) mass is 345 g/mol. The highest BCUT2D eigenvalue weighted by Gasteiger charge is 2.34. The van der Waals surface area contributed by atoms with Gasteiger partial charge in [-0.1, -0.05) is 24.3 Å². The molecule has 1 atom stereocenters. The van der Waals surface area contributed by atoms with Gasteiger partial charge in [-0.05, 0) is 18.1 Å². The minimum absolute atomic E-state index is 0.316. The molecule has 2 heterocycles. The summed E-state index contributed by atoms with van der Waals surface area (Å²) < 4.78 is 10.4. The van der Waals surface area contributed by atoms with Gasteiger partial charge in [0.15, 0.2) is 0 Å². The number of carbonyl (C=O) groups excluding carboxylic acids is 2. The number of benzene rings is 1. The summed E-state index contributed by atoms with van der Waals surface area (Å²) in [6, 6.07) is 6.86. The first-order valence-corrected chi connectivity index (χ1v) is 8.34. The van der Waals surface area contributed by atoms with Gasteiger partial charge < -0.3 is 20.1 Å². The average molecular weight is 345 g/mol. The third-order valence-corrected chi connectivity index (χ3v) is 4.54. The highest BCUT2D eigenvalue weighted by Crippen LogP contribution is 2.30. The van der Waals surface area contributed by atoms with Crippen molar-refractivity contribution in [2.75, 3.05) is 40.0 Å². The molecule has 1 fully saturated rings. The predicted octanol–water partition coefficient (Wildman–Crippen LogP) is 1.11. The lowest BCUT2D eigenvalue weighted by Crippen LogP contribution is -2.49. The molecule has 2 amide bonds. The standard InChI is InChI=1S/C18H23N3O4/c1-12-5-3-4-6-13(12)16-15(17(22)24-2)14(19-18(23)20-16)11-21-7-9-25-10-8-21/h3-6,16H,7-11H2,1-2H3,(H2,19,20,23). The Bertz CT molecular complexity index is 695. The average Bonchev–Trinajstić information content (AvgIpc) is 2.62. The van der Waals surface area contributed by atoms with E-state index in [0.717, 1.165) is 24.2 Å². The molecular formula is C18H23N3O4. The smallest absolute Gasteiger partial charge is 0.338 e. The van der Waals surface area contributed by atoms with Crippen molar-refractivity contribution >= 4 is 12.0 Å². The molecule has 3 rings (SSSR count). The largest absolute Gasteiger partial charge is 0.466 e. The van der Waals surface area contributed by atoms with Crippen LogP contribution >= 0.6 is 0 Å². The third-order valence-electron chi connectivity index (χ3n) is 4.54. The second-order valence-corrected chi connectivity index (χ2v) is 6.16. The number of nitrogens with one attached hydrogen (secondary N) is 2. The van der Waals surface area contributed by atoms with Crippen molar-refractivity contribution in [2.24, 2.45) is 0 Å². The van der Waals surface area contributed by atoms with Crippen LogP contribution in [0.2, 0.25) is 0 Å². The maximum absolute atomic E-state index is 12.5. The van der Waals surface area contributed by atoms with E-state index in [4.69, 9.17) is 9.47 Å². The third kappa shape index (κ3) is 3.83. The first-order chi connectivity index (χ1) is 12.1. The second kappa shape index (κ2) is 7.67. The molecule has 0 spiro atoms. The molecule has 2 N–H and O–H groups in total. The van der Waals surface area contributed by atoms with Crippen molar-refractivity contribution in [3.8, 4) is 0 Å².